The predicted molar refractivity (Wildman–Crippen MR) is 81.6 cm³/mol. The van der Waals surface area contributed by atoms with Crippen LogP contribution in [0.25, 0.3) is 0 Å². The Hall–Kier alpha value is -1.59. The first-order valence-electron chi connectivity index (χ1n) is 5.78. The number of hydrogen-bond acceptors (Lipinski definition) is 3. The minimum Gasteiger partial charge on any atom is -0.450 e. The summed E-state index contributed by atoms with van der Waals surface area (Å²) in [5.41, 5.74) is 1.50. The van der Waals surface area contributed by atoms with Crippen molar-refractivity contribution in [1.29, 1.82) is 0 Å². The van der Waals surface area contributed by atoms with Gasteiger partial charge in [0.15, 0.2) is 0 Å². The van der Waals surface area contributed by atoms with Crippen LogP contribution >= 0.6 is 27.5 Å². The summed E-state index contributed by atoms with van der Waals surface area (Å²) in [6.45, 7) is 1.76. The molecule has 0 saturated heterocycles. The molecule has 20 heavy (non-hydrogen) atoms. The van der Waals surface area contributed by atoms with Gasteiger partial charge in [0.25, 0.3) is 0 Å². The van der Waals surface area contributed by atoms with Crippen molar-refractivity contribution in [3.8, 4) is 11.5 Å². The lowest BCUT2D eigenvalue weighted by atomic mass is 10.2. The molecule has 0 bridgehead atoms. The maximum absolute atomic E-state index is 11.1. The molecule has 0 N–H and O–H groups in total. The van der Waals surface area contributed by atoms with Crippen LogP contribution in [0.5, 0.6) is 11.5 Å². The zero-order valence-corrected chi connectivity index (χ0v) is 12.9. The lowest BCUT2D eigenvalue weighted by molar-refractivity contribution is -0.385. The van der Waals surface area contributed by atoms with Crippen molar-refractivity contribution >= 4 is 33.2 Å². The first kappa shape index (κ1) is 14.8. The van der Waals surface area contributed by atoms with E-state index in [0.29, 0.717) is 21.7 Å². The second-order valence-electron chi connectivity index (χ2n) is 4.21. The first-order valence-corrected chi connectivity index (χ1v) is 7.11. The molecule has 2 aromatic carbocycles. The molecule has 0 atom stereocenters. The molecule has 0 radical (unpaired) electrons. The van der Waals surface area contributed by atoms with Gasteiger partial charge in [-0.25, -0.2) is 0 Å². The van der Waals surface area contributed by atoms with E-state index in [1.54, 1.807) is 31.2 Å². The Bertz CT molecular complexity index is 661. The highest BCUT2D eigenvalue weighted by atomic mass is 79.9. The number of rotatable bonds is 4. The summed E-state index contributed by atoms with van der Waals surface area (Å²) in [6.07, 6.45) is 0. The monoisotopic (exact) mass is 355 g/mol. The fraction of sp³-hybridized carbons (Fsp3) is 0.143. The maximum atomic E-state index is 11.1. The summed E-state index contributed by atoms with van der Waals surface area (Å²) in [5, 5.41) is 11.1. The van der Waals surface area contributed by atoms with E-state index in [1.165, 1.54) is 6.07 Å². The largest absolute Gasteiger partial charge is 0.450 e. The molecule has 0 heterocycles. The Morgan fingerprint density at radius 2 is 2.10 bits per heavy atom. The predicted octanol–water partition coefficient (Wildman–Crippen LogP) is 5.20. The van der Waals surface area contributed by atoms with Crippen molar-refractivity contribution in [3.63, 3.8) is 0 Å². The molecule has 0 fully saturated rings. The van der Waals surface area contributed by atoms with Crippen LogP contribution in [0.4, 0.5) is 5.69 Å². The van der Waals surface area contributed by atoms with E-state index in [1.807, 2.05) is 6.07 Å². The average molecular weight is 357 g/mol. The van der Waals surface area contributed by atoms with Crippen LogP contribution < -0.4 is 4.74 Å². The zero-order chi connectivity index (χ0) is 14.7. The highest BCUT2D eigenvalue weighted by molar-refractivity contribution is 9.10. The van der Waals surface area contributed by atoms with E-state index in [-0.39, 0.29) is 11.4 Å². The Balaban J connectivity index is 2.44. The molecule has 104 valence electrons. The third kappa shape index (κ3) is 3.29. The molecule has 0 spiro atoms. The second kappa shape index (κ2) is 6.24. The number of ether oxygens (including phenoxy) is 1. The summed E-state index contributed by atoms with van der Waals surface area (Å²) >= 11 is 9.01. The lowest BCUT2D eigenvalue weighted by Gasteiger charge is -2.10. The highest BCUT2D eigenvalue weighted by Gasteiger charge is 2.19. The smallest absolute Gasteiger partial charge is 0.312 e. The minimum absolute atomic E-state index is 0.0758. The summed E-state index contributed by atoms with van der Waals surface area (Å²) in [6, 6.07) is 10.4. The average Bonchev–Trinajstić information content (AvgIpc) is 2.41. The van der Waals surface area contributed by atoms with Crippen molar-refractivity contribution in [1.82, 2.24) is 0 Å². The molecule has 2 rings (SSSR count). The quantitative estimate of drug-likeness (QED) is 0.430. The van der Waals surface area contributed by atoms with Crippen LogP contribution in [-0.4, -0.2) is 4.92 Å². The molecule has 0 aromatic heterocycles. The zero-order valence-electron chi connectivity index (χ0n) is 10.6. The van der Waals surface area contributed by atoms with E-state index < -0.39 is 4.92 Å². The van der Waals surface area contributed by atoms with Crippen LogP contribution in [-0.2, 0) is 5.88 Å². The number of aryl methyl sites for hydroxylation is 1. The summed E-state index contributed by atoms with van der Waals surface area (Å²) in [5.74, 6) is 1.13. The Morgan fingerprint density at radius 3 is 2.75 bits per heavy atom. The van der Waals surface area contributed by atoms with Crippen molar-refractivity contribution in [2.75, 3.05) is 0 Å². The van der Waals surface area contributed by atoms with Crippen LogP contribution in [0, 0.1) is 17.0 Å². The number of benzene rings is 2. The number of nitro benzene ring substituents is 1. The lowest BCUT2D eigenvalue weighted by Crippen LogP contribution is -1.96. The van der Waals surface area contributed by atoms with Crippen LogP contribution in [0.2, 0.25) is 0 Å². The molecule has 0 aliphatic heterocycles. The maximum Gasteiger partial charge on any atom is 0.312 e. The van der Waals surface area contributed by atoms with Gasteiger partial charge in [-0.3, -0.25) is 10.1 Å². The Labute approximate surface area is 129 Å². The van der Waals surface area contributed by atoms with Gasteiger partial charge in [-0.1, -0.05) is 28.1 Å². The van der Waals surface area contributed by atoms with Crippen LogP contribution in [0.3, 0.4) is 0 Å². The van der Waals surface area contributed by atoms with Gasteiger partial charge in [-0.2, -0.15) is 0 Å². The molecule has 0 unspecified atom stereocenters. The topological polar surface area (TPSA) is 52.4 Å². The number of nitro groups is 1. The number of halogens is 2. The summed E-state index contributed by atoms with van der Waals surface area (Å²) < 4.78 is 6.32. The van der Waals surface area contributed by atoms with Crippen molar-refractivity contribution in [3.05, 3.63) is 62.1 Å². The number of alkyl halides is 1. The molecular formula is C14H11BrClNO3. The van der Waals surface area contributed by atoms with Crippen molar-refractivity contribution in [2.24, 2.45) is 0 Å². The number of nitrogens with zero attached hydrogens (tertiary/aromatic N) is 1. The molecule has 6 heteroatoms. The molecule has 0 saturated carbocycles. The molecule has 0 aliphatic rings. The fourth-order valence-corrected chi connectivity index (χ4v) is 2.52. The normalized spacial score (nSPS) is 10.3. The van der Waals surface area contributed by atoms with Gasteiger partial charge in [0.1, 0.15) is 5.75 Å². The van der Waals surface area contributed by atoms with Gasteiger partial charge in [0, 0.05) is 16.4 Å². The second-order valence-corrected chi connectivity index (χ2v) is 5.39. The Morgan fingerprint density at radius 1 is 1.35 bits per heavy atom. The van der Waals surface area contributed by atoms with Gasteiger partial charge in [0.05, 0.1) is 4.92 Å². The van der Waals surface area contributed by atoms with Crippen molar-refractivity contribution < 1.29 is 9.66 Å². The number of hydrogen-bond donors (Lipinski definition) is 0. The van der Waals surface area contributed by atoms with Gasteiger partial charge < -0.3 is 4.74 Å². The highest BCUT2D eigenvalue weighted by Crippen LogP contribution is 2.37. The third-order valence-corrected chi connectivity index (χ3v) is 3.46. The van der Waals surface area contributed by atoms with Crippen molar-refractivity contribution in [2.45, 2.75) is 12.8 Å². The SMILES string of the molecule is Cc1cc(Br)cc([N+](=O)[O-])c1Oc1cccc(CCl)c1. The van der Waals surface area contributed by atoms with E-state index >= 15 is 0 Å². The van der Waals surface area contributed by atoms with E-state index in [2.05, 4.69) is 15.9 Å². The van der Waals surface area contributed by atoms with Gasteiger partial charge in [-0.05, 0) is 36.2 Å². The molecule has 2 aromatic rings. The third-order valence-electron chi connectivity index (χ3n) is 2.69. The van der Waals surface area contributed by atoms with Gasteiger partial charge in [-0.15, -0.1) is 11.6 Å². The standard InChI is InChI=1S/C14H11BrClNO3/c1-9-5-11(15)7-13(17(18)19)14(9)20-12-4-2-3-10(6-12)8-16/h2-7H,8H2,1H3. The van der Waals surface area contributed by atoms with Crippen LogP contribution in [0.1, 0.15) is 11.1 Å². The Kier molecular flexibility index (Phi) is 4.62. The minimum atomic E-state index is -0.460. The van der Waals surface area contributed by atoms with E-state index in [9.17, 15) is 10.1 Å². The van der Waals surface area contributed by atoms with Crippen LogP contribution in [0.15, 0.2) is 40.9 Å². The molecule has 0 amide bonds. The molecule has 0 aliphatic carbocycles. The van der Waals surface area contributed by atoms with Gasteiger partial charge >= 0.3 is 5.69 Å². The van der Waals surface area contributed by atoms with E-state index in [4.69, 9.17) is 16.3 Å². The van der Waals surface area contributed by atoms with E-state index in [0.717, 1.165) is 5.56 Å². The molecular weight excluding hydrogens is 346 g/mol. The summed E-state index contributed by atoms with van der Waals surface area (Å²) in [7, 11) is 0. The first-order chi connectivity index (χ1) is 9.51. The summed E-state index contributed by atoms with van der Waals surface area (Å²) in [4.78, 5) is 10.7. The molecule has 4 nitrogen and oxygen atoms in total. The van der Waals surface area contributed by atoms with Gasteiger partial charge in [0.2, 0.25) is 5.75 Å². The fourth-order valence-electron chi connectivity index (χ4n) is 1.79.